The van der Waals surface area contributed by atoms with E-state index < -0.39 is 0 Å². The average Bonchev–Trinajstić information content (AvgIpc) is 2.50. The molecule has 0 saturated carbocycles. The van der Waals surface area contributed by atoms with Gasteiger partial charge in [0.05, 0.1) is 7.11 Å². The largest absolute Gasteiger partial charge is 0.497 e. The zero-order chi connectivity index (χ0) is 14.4. The van der Waals surface area contributed by atoms with E-state index in [-0.39, 0.29) is 0 Å². The summed E-state index contributed by atoms with van der Waals surface area (Å²) in [7, 11) is 3.44. The van der Waals surface area contributed by atoms with Gasteiger partial charge in [0.15, 0.2) is 0 Å². The van der Waals surface area contributed by atoms with Crippen molar-refractivity contribution in [3.8, 4) is 5.75 Å². The molecule has 0 fully saturated rings. The van der Waals surface area contributed by atoms with Crippen LogP contribution in [-0.2, 0) is 11.3 Å². The van der Waals surface area contributed by atoms with E-state index in [9.17, 15) is 0 Å². The molecule has 0 aliphatic rings. The van der Waals surface area contributed by atoms with Crippen LogP contribution in [0.5, 0.6) is 5.75 Å². The summed E-state index contributed by atoms with van der Waals surface area (Å²) in [6.45, 7) is 3.86. The molecule has 0 bridgehead atoms. The van der Waals surface area contributed by atoms with Gasteiger partial charge in [0.25, 0.3) is 0 Å². The minimum Gasteiger partial charge on any atom is -0.497 e. The van der Waals surface area contributed by atoms with Gasteiger partial charge in [0.1, 0.15) is 5.75 Å². The number of hydrogen-bond donors (Lipinski definition) is 1. The lowest BCUT2D eigenvalue weighted by Gasteiger charge is -2.13. The number of ether oxygens (including phenoxy) is 2. The second-order valence-electron chi connectivity index (χ2n) is 5.11. The normalized spacial score (nSPS) is 12.6. The highest BCUT2D eigenvalue weighted by Crippen LogP contribution is 2.21. The van der Waals surface area contributed by atoms with Gasteiger partial charge in [-0.3, -0.25) is 0 Å². The van der Waals surface area contributed by atoms with E-state index in [0.29, 0.717) is 6.04 Å². The first kappa shape index (κ1) is 14.8. The molecule has 0 aliphatic heterocycles. The fourth-order valence-electron chi connectivity index (χ4n) is 2.20. The SMILES string of the molecule is COCCC(C)NCc1ccc2cc(OC)ccc2c1. The molecule has 0 aliphatic carbocycles. The van der Waals surface area contributed by atoms with Crippen molar-refractivity contribution in [1.29, 1.82) is 0 Å². The van der Waals surface area contributed by atoms with Gasteiger partial charge in [-0.05, 0) is 47.9 Å². The quantitative estimate of drug-likeness (QED) is 0.839. The van der Waals surface area contributed by atoms with Crippen molar-refractivity contribution in [3.05, 3.63) is 42.0 Å². The second-order valence-corrected chi connectivity index (χ2v) is 5.11. The Morgan fingerprint density at radius 1 is 1.05 bits per heavy atom. The molecule has 1 N–H and O–H groups in total. The highest BCUT2D eigenvalue weighted by Gasteiger charge is 2.02. The first-order valence-electron chi connectivity index (χ1n) is 7.02. The highest BCUT2D eigenvalue weighted by atomic mass is 16.5. The molecule has 2 aromatic carbocycles. The van der Waals surface area contributed by atoms with Crippen molar-refractivity contribution in [1.82, 2.24) is 5.32 Å². The first-order valence-corrected chi connectivity index (χ1v) is 7.02. The van der Waals surface area contributed by atoms with E-state index in [4.69, 9.17) is 9.47 Å². The van der Waals surface area contributed by atoms with Gasteiger partial charge in [-0.15, -0.1) is 0 Å². The highest BCUT2D eigenvalue weighted by molar-refractivity contribution is 5.84. The number of benzene rings is 2. The average molecular weight is 273 g/mol. The molecule has 108 valence electrons. The summed E-state index contributed by atoms with van der Waals surface area (Å²) in [4.78, 5) is 0. The van der Waals surface area contributed by atoms with Crippen LogP contribution in [0.15, 0.2) is 36.4 Å². The van der Waals surface area contributed by atoms with Crippen LogP contribution in [-0.4, -0.2) is 26.9 Å². The molecular formula is C17H23NO2. The molecule has 1 unspecified atom stereocenters. The monoisotopic (exact) mass is 273 g/mol. The summed E-state index contributed by atoms with van der Waals surface area (Å²) in [5.74, 6) is 0.900. The fraction of sp³-hybridized carbons (Fsp3) is 0.412. The lowest BCUT2D eigenvalue weighted by molar-refractivity contribution is 0.184. The van der Waals surface area contributed by atoms with Crippen molar-refractivity contribution in [2.24, 2.45) is 0 Å². The molecular weight excluding hydrogens is 250 g/mol. The van der Waals surface area contributed by atoms with Crippen LogP contribution in [0.1, 0.15) is 18.9 Å². The van der Waals surface area contributed by atoms with Crippen LogP contribution in [0.3, 0.4) is 0 Å². The van der Waals surface area contributed by atoms with Gasteiger partial charge in [-0.25, -0.2) is 0 Å². The Hall–Kier alpha value is -1.58. The van der Waals surface area contributed by atoms with Crippen molar-refractivity contribution >= 4 is 10.8 Å². The Bertz CT molecular complexity index is 554. The van der Waals surface area contributed by atoms with E-state index in [1.807, 2.05) is 6.07 Å². The Kier molecular flexibility index (Phi) is 5.39. The van der Waals surface area contributed by atoms with Crippen LogP contribution in [0, 0.1) is 0 Å². The summed E-state index contributed by atoms with van der Waals surface area (Å²) in [5, 5.41) is 5.97. The van der Waals surface area contributed by atoms with Crippen LogP contribution in [0.4, 0.5) is 0 Å². The summed E-state index contributed by atoms with van der Waals surface area (Å²) >= 11 is 0. The maximum absolute atomic E-state index is 5.24. The van der Waals surface area contributed by atoms with Crippen LogP contribution in [0.2, 0.25) is 0 Å². The van der Waals surface area contributed by atoms with Gasteiger partial charge in [-0.2, -0.15) is 0 Å². The molecule has 3 heteroatoms. The smallest absolute Gasteiger partial charge is 0.119 e. The van der Waals surface area contributed by atoms with Crippen LogP contribution < -0.4 is 10.1 Å². The lowest BCUT2D eigenvalue weighted by atomic mass is 10.1. The fourth-order valence-corrected chi connectivity index (χ4v) is 2.20. The summed E-state index contributed by atoms with van der Waals surface area (Å²) in [6, 6.07) is 13.2. The summed E-state index contributed by atoms with van der Waals surface area (Å²) < 4.78 is 10.3. The Balaban J connectivity index is 2.01. The van der Waals surface area contributed by atoms with Gasteiger partial charge >= 0.3 is 0 Å². The molecule has 20 heavy (non-hydrogen) atoms. The van der Waals surface area contributed by atoms with Crippen molar-refractivity contribution in [2.75, 3.05) is 20.8 Å². The molecule has 2 aromatic rings. The third-order valence-electron chi connectivity index (χ3n) is 3.52. The van der Waals surface area contributed by atoms with E-state index >= 15 is 0 Å². The van der Waals surface area contributed by atoms with Gasteiger partial charge in [-0.1, -0.05) is 18.2 Å². The molecule has 0 heterocycles. The van der Waals surface area contributed by atoms with E-state index in [2.05, 4.69) is 42.6 Å². The topological polar surface area (TPSA) is 30.5 Å². The van der Waals surface area contributed by atoms with Crippen molar-refractivity contribution in [2.45, 2.75) is 25.9 Å². The van der Waals surface area contributed by atoms with Gasteiger partial charge < -0.3 is 14.8 Å². The maximum Gasteiger partial charge on any atom is 0.119 e. The number of hydrogen-bond acceptors (Lipinski definition) is 3. The Morgan fingerprint density at radius 3 is 2.55 bits per heavy atom. The maximum atomic E-state index is 5.24. The number of methoxy groups -OCH3 is 2. The number of rotatable bonds is 7. The molecule has 0 aromatic heterocycles. The van der Waals surface area contributed by atoms with Gasteiger partial charge in [0.2, 0.25) is 0 Å². The van der Waals surface area contributed by atoms with Crippen LogP contribution in [0.25, 0.3) is 10.8 Å². The molecule has 0 radical (unpaired) electrons. The Morgan fingerprint density at radius 2 is 1.80 bits per heavy atom. The standard InChI is InChI=1S/C17H23NO2/c1-13(8-9-19-2)18-12-14-4-5-16-11-17(20-3)7-6-15(16)10-14/h4-7,10-11,13,18H,8-9,12H2,1-3H3. The number of nitrogens with one attached hydrogen (secondary N) is 1. The molecule has 0 spiro atoms. The predicted octanol–water partition coefficient (Wildman–Crippen LogP) is 3.36. The summed E-state index contributed by atoms with van der Waals surface area (Å²) in [5.41, 5.74) is 1.30. The second kappa shape index (κ2) is 7.27. The van der Waals surface area contributed by atoms with E-state index in [1.54, 1.807) is 14.2 Å². The van der Waals surface area contributed by atoms with Crippen molar-refractivity contribution in [3.63, 3.8) is 0 Å². The number of fused-ring (bicyclic) bond motifs is 1. The minimum absolute atomic E-state index is 0.460. The zero-order valence-corrected chi connectivity index (χ0v) is 12.5. The summed E-state index contributed by atoms with van der Waals surface area (Å²) in [6.07, 6.45) is 1.03. The molecule has 1 atom stereocenters. The van der Waals surface area contributed by atoms with Gasteiger partial charge in [0, 0.05) is 26.3 Å². The predicted molar refractivity (Wildman–Crippen MR) is 83.3 cm³/mol. The molecule has 0 saturated heterocycles. The van der Waals surface area contributed by atoms with E-state index in [0.717, 1.165) is 25.3 Å². The Labute approximate surface area is 120 Å². The minimum atomic E-state index is 0.460. The molecule has 0 amide bonds. The van der Waals surface area contributed by atoms with Crippen molar-refractivity contribution < 1.29 is 9.47 Å². The van der Waals surface area contributed by atoms with Crippen LogP contribution >= 0.6 is 0 Å². The van der Waals surface area contributed by atoms with E-state index in [1.165, 1.54) is 16.3 Å². The molecule has 3 nitrogen and oxygen atoms in total. The molecule has 2 rings (SSSR count). The third kappa shape index (κ3) is 3.95. The third-order valence-corrected chi connectivity index (χ3v) is 3.52. The lowest BCUT2D eigenvalue weighted by Crippen LogP contribution is -2.26. The first-order chi connectivity index (χ1) is 9.72. The zero-order valence-electron chi connectivity index (χ0n) is 12.5.